The van der Waals surface area contributed by atoms with Crippen LogP contribution in [0.1, 0.15) is 52.3 Å². The van der Waals surface area contributed by atoms with Crippen LogP contribution in [0.3, 0.4) is 0 Å². The SMILES string of the molecule is Cc1ccc(C(O)c2ccc3c(c2)CCCC3)c(C)c1. The lowest BCUT2D eigenvalue weighted by atomic mass is 9.88. The quantitative estimate of drug-likeness (QED) is 0.861. The Morgan fingerprint density at radius 2 is 1.65 bits per heavy atom. The highest BCUT2D eigenvalue weighted by Gasteiger charge is 2.16. The van der Waals surface area contributed by atoms with Crippen LogP contribution in [-0.4, -0.2) is 5.11 Å². The van der Waals surface area contributed by atoms with Gasteiger partial charge in [-0.15, -0.1) is 0 Å². The minimum Gasteiger partial charge on any atom is -0.384 e. The smallest absolute Gasteiger partial charge is 0.104 e. The second kappa shape index (κ2) is 5.41. The van der Waals surface area contributed by atoms with E-state index in [1.165, 1.54) is 36.0 Å². The molecule has 0 heterocycles. The maximum Gasteiger partial charge on any atom is 0.104 e. The second-order valence-corrected chi connectivity index (χ2v) is 6.00. The second-order valence-electron chi connectivity index (χ2n) is 6.00. The summed E-state index contributed by atoms with van der Waals surface area (Å²) in [4.78, 5) is 0. The first-order chi connectivity index (χ1) is 9.65. The Hall–Kier alpha value is -1.60. The summed E-state index contributed by atoms with van der Waals surface area (Å²) in [5, 5.41) is 10.7. The average Bonchev–Trinajstić information content (AvgIpc) is 2.46. The van der Waals surface area contributed by atoms with Gasteiger partial charge in [0.2, 0.25) is 0 Å². The molecule has 1 heteroatoms. The largest absolute Gasteiger partial charge is 0.384 e. The molecule has 2 aromatic carbocycles. The molecule has 20 heavy (non-hydrogen) atoms. The third-order valence-electron chi connectivity index (χ3n) is 4.41. The predicted octanol–water partition coefficient (Wildman–Crippen LogP) is 4.26. The van der Waals surface area contributed by atoms with Gasteiger partial charge < -0.3 is 5.11 Å². The summed E-state index contributed by atoms with van der Waals surface area (Å²) in [6.45, 7) is 4.16. The van der Waals surface area contributed by atoms with Gasteiger partial charge in [-0.2, -0.15) is 0 Å². The molecule has 0 bridgehead atoms. The van der Waals surface area contributed by atoms with E-state index in [2.05, 4.69) is 50.2 Å². The fourth-order valence-electron chi connectivity index (χ4n) is 3.24. The van der Waals surface area contributed by atoms with E-state index in [1.807, 2.05) is 0 Å². The van der Waals surface area contributed by atoms with Gasteiger partial charge >= 0.3 is 0 Å². The van der Waals surface area contributed by atoms with Crippen molar-refractivity contribution in [1.29, 1.82) is 0 Å². The van der Waals surface area contributed by atoms with Crippen molar-refractivity contribution in [2.75, 3.05) is 0 Å². The predicted molar refractivity (Wildman–Crippen MR) is 83.1 cm³/mol. The molecule has 0 saturated carbocycles. The Morgan fingerprint density at radius 1 is 0.900 bits per heavy atom. The first kappa shape index (κ1) is 13.4. The molecule has 1 unspecified atom stereocenters. The van der Waals surface area contributed by atoms with Crippen molar-refractivity contribution in [3.8, 4) is 0 Å². The molecule has 2 aromatic rings. The Morgan fingerprint density at radius 3 is 2.40 bits per heavy atom. The highest BCUT2D eigenvalue weighted by Crippen LogP contribution is 2.29. The van der Waals surface area contributed by atoms with Crippen molar-refractivity contribution < 1.29 is 5.11 Å². The summed E-state index contributed by atoms with van der Waals surface area (Å²) in [5.41, 5.74) is 7.34. The average molecular weight is 266 g/mol. The standard InChI is InChI=1S/C19H22O/c1-13-7-10-18(14(2)11-13)19(20)17-9-8-15-5-3-4-6-16(15)12-17/h7-12,19-20H,3-6H2,1-2H3. The summed E-state index contributed by atoms with van der Waals surface area (Å²) in [6, 6.07) is 12.8. The molecule has 3 rings (SSSR count). The zero-order valence-electron chi connectivity index (χ0n) is 12.3. The Kier molecular flexibility index (Phi) is 3.62. The number of rotatable bonds is 2. The first-order valence-corrected chi connectivity index (χ1v) is 7.52. The van der Waals surface area contributed by atoms with E-state index in [0.29, 0.717) is 0 Å². The number of hydrogen-bond donors (Lipinski definition) is 1. The third-order valence-corrected chi connectivity index (χ3v) is 4.41. The van der Waals surface area contributed by atoms with Crippen LogP contribution in [0.4, 0.5) is 0 Å². The van der Waals surface area contributed by atoms with E-state index in [1.54, 1.807) is 0 Å². The van der Waals surface area contributed by atoms with E-state index in [0.717, 1.165) is 23.1 Å². The van der Waals surface area contributed by atoms with Crippen LogP contribution >= 0.6 is 0 Å². The number of hydrogen-bond acceptors (Lipinski definition) is 1. The minimum atomic E-state index is -0.511. The Labute approximate surface area is 121 Å². The summed E-state index contributed by atoms with van der Waals surface area (Å²) in [6.07, 6.45) is 4.41. The molecule has 0 aromatic heterocycles. The topological polar surface area (TPSA) is 20.2 Å². The van der Waals surface area contributed by atoms with Crippen LogP contribution in [0, 0.1) is 13.8 Å². The van der Waals surface area contributed by atoms with Crippen molar-refractivity contribution in [1.82, 2.24) is 0 Å². The molecule has 0 radical (unpaired) electrons. The lowest BCUT2D eigenvalue weighted by Gasteiger charge is -2.20. The summed E-state index contributed by atoms with van der Waals surface area (Å²) >= 11 is 0. The molecule has 0 saturated heterocycles. The third kappa shape index (κ3) is 2.51. The first-order valence-electron chi connectivity index (χ1n) is 7.52. The number of aliphatic hydroxyl groups excluding tert-OH is 1. The van der Waals surface area contributed by atoms with Gasteiger partial charge in [0.05, 0.1) is 0 Å². The number of aryl methyl sites for hydroxylation is 4. The van der Waals surface area contributed by atoms with Crippen LogP contribution in [0.25, 0.3) is 0 Å². The lowest BCUT2D eigenvalue weighted by Crippen LogP contribution is -2.07. The normalized spacial score (nSPS) is 15.8. The van der Waals surface area contributed by atoms with Gasteiger partial charge in [0, 0.05) is 0 Å². The van der Waals surface area contributed by atoms with Crippen molar-refractivity contribution in [2.45, 2.75) is 45.6 Å². The molecule has 0 amide bonds. The number of benzene rings is 2. The lowest BCUT2D eigenvalue weighted by molar-refractivity contribution is 0.219. The fraction of sp³-hybridized carbons (Fsp3) is 0.368. The fourth-order valence-corrected chi connectivity index (χ4v) is 3.24. The van der Waals surface area contributed by atoms with E-state index in [4.69, 9.17) is 0 Å². The number of fused-ring (bicyclic) bond motifs is 1. The summed E-state index contributed by atoms with van der Waals surface area (Å²) in [7, 11) is 0. The molecule has 0 spiro atoms. The maximum absolute atomic E-state index is 10.7. The molecule has 1 atom stereocenters. The van der Waals surface area contributed by atoms with Crippen LogP contribution in [0.2, 0.25) is 0 Å². The minimum absolute atomic E-state index is 0.511. The maximum atomic E-state index is 10.7. The zero-order valence-corrected chi connectivity index (χ0v) is 12.3. The highest BCUT2D eigenvalue weighted by molar-refractivity contribution is 5.41. The molecule has 1 nitrogen and oxygen atoms in total. The molecule has 1 N–H and O–H groups in total. The molecule has 104 valence electrons. The van der Waals surface area contributed by atoms with Crippen molar-refractivity contribution in [3.63, 3.8) is 0 Å². The van der Waals surface area contributed by atoms with Gasteiger partial charge in [0.1, 0.15) is 6.10 Å². The van der Waals surface area contributed by atoms with Crippen LogP contribution in [0.15, 0.2) is 36.4 Å². The van der Waals surface area contributed by atoms with Crippen molar-refractivity contribution in [3.05, 3.63) is 69.8 Å². The van der Waals surface area contributed by atoms with Crippen molar-refractivity contribution >= 4 is 0 Å². The summed E-state index contributed by atoms with van der Waals surface area (Å²) < 4.78 is 0. The Bertz CT molecular complexity index is 628. The van der Waals surface area contributed by atoms with Crippen LogP contribution < -0.4 is 0 Å². The van der Waals surface area contributed by atoms with Gasteiger partial charge in [-0.05, 0) is 67.3 Å². The van der Waals surface area contributed by atoms with Gasteiger partial charge in [0.15, 0.2) is 0 Å². The van der Waals surface area contributed by atoms with Gasteiger partial charge in [-0.25, -0.2) is 0 Å². The van der Waals surface area contributed by atoms with Gasteiger partial charge in [-0.1, -0.05) is 42.0 Å². The van der Waals surface area contributed by atoms with Gasteiger partial charge in [-0.3, -0.25) is 0 Å². The molecular weight excluding hydrogens is 244 g/mol. The molecule has 1 aliphatic carbocycles. The molecule has 0 fully saturated rings. The monoisotopic (exact) mass is 266 g/mol. The molecule has 1 aliphatic rings. The summed E-state index contributed by atoms with van der Waals surface area (Å²) in [5.74, 6) is 0. The van der Waals surface area contributed by atoms with E-state index < -0.39 is 6.10 Å². The van der Waals surface area contributed by atoms with Crippen LogP contribution in [-0.2, 0) is 12.8 Å². The van der Waals surface area contributed by atoms with E-state index >= 15 is 0 Å². The number of aliphatic hydroxyl groups is 1. The van der Waals surface area contributed by atoms with Crippen molar-refractivity contribution in [2.24, 2.45) is 0 Å². The van der Waals surface area contributed by atoms with Crippen LogP contribution in [0.5, 0.6) is 0 Å². The van der Waals surface area contributed by atoms with Gasteiger partial charge in [0.25, 0.3) is 0 Å². The molecular formula is C19H22O. The van der Waals surface area contributed by atoms with E-state index in [-0.39, 0.29) is 0 Å². The molecule has 0 aliphatic heterocycles. The van der Waals surface area contributed by atoms with E-state index in [9.17, 15) is 5.11 Å². The Balaban J connectivity index is 1.95. The highest BCUT2D eigenvalue weighted by atomic mass is 16.3. The zero-order chi connectivity index (χ0) is 14.1.